The molecule has 0 fully saturated rings. The molecule has 0 bridgehead atoms. The van der Waals surface area contributed by atoms with Gasteiger partial charge in [0, 0.05) is 22.7 Å². The van der Waals surface area contributed by atoms with E-state index >= 15 is 0 Å². The summed E-state index contributed by atoms with van der Waals surface area (Å²) >= 11 is 3.23. The van der Waals surface area contributed by atoms with Crippen molar-refractivity contribution in [1.29, 1.82) is 0 Å². The molecule has 0 saturated heterocycles. The molecular weight excluding hydrogens is 352 g/mol. The zero-order valence-electron chi connectivity index (χ0n) is 15.2. The Labute approximate surface area is 158 Å². The molecule has 4 nitrogen and oxygen atoms in total. The number of rotatable bonds is 9. The lowest BCUT2D eigenvalue weighted by molar-refractivity contribution is -0.119. The molecule has 2 aromatic rings. The quantitative estimate of drug-likeness (QED) is 0.693. The minimum absolute atomic E-state index is 0.0909. The second kappa shape index (κ2) is 9.82. The molecule has 0 aliphatic carbocycles. The van der Waals surface area contributed by atoms with Crippen molar-refractivity contribution in [3.05, 3.63) is 35.3 Å². The van der Waals surface area contributed by atoms with Crippen LogP contribution < -0.4 is 10.1 Å². The summed E-state index contributed by atoms with van der Waals surface area (Å²) in [6.45, 7) is 8.90. The highest BCUT2D eigenvalue weighted by Gasteiger charge is 2.11. The van der Waals surface area contributed by atoms with Gasteiger partial charge in [0.25, 0.3) is 0 Å². The number of hydrogen-bond donors (Lipinski definition) is 1. The van der Waals surface area contributed by atoms with E-state index in [0.717, 1.165) is 27.8 Å². The van der Waals surface area contributed by atoms with E-state index in [1.165, 1.54) is 0 Å². The molecule has 1 amide bonds. The van der Waals surface area contributed by atoms with Crippen LogP contribution in [0.3, 0.4) is 0 Å². The van der Waals surface area contributed by atoms with Gasteiger partial charge in [0.2, 0.25) is 5.91 Å². The van der Waals surface area contributed by atoms with Gasteiger partial charge < -0.3 is 10.1 Å². The van der Waals surface area contributed by atoms with Gasteiger partial charge in [0.15, 0.2) is 0 Å². The van der Waals surface area contributed by atoms with E-state index in [2.05, 4.69) is 29.5 Å². The topological polar surface area (TPSA) is 51.2 Å². The fourth-order valence-corrected chi connectivity index (χ4v) is 3.74. The van der Waals surface area contributed by atoms with Gasteiger partial charge in [-0.05, 0) is 44.0 Å². The second-order valence-electron chi connectivity index (χ2n) is 6.19. The van der Waals surface area contributed by atoms with Crippen molar-refractivity contribution < 1.29 is 9.53 Å². The van der Waals surface area contributed by atoms with Gasteiger partial charge in [-0.3, -0.25) is 4.79 Å². The summed E-state index contributed by atoms with van der Waals surface area (Å²) in [4.78, 5) is 16.6. The Morgan fingerprint density at radius 1 is 1.28 bits per heavy atom. The fraction of sp³-hybridized carbons (Fsp3) is 0.474. The van der Waals surface area contributed by atoms with Crippen molar-refractivity contribution in [1.82, 2.24) is 10.3 Å². The summed E-state index contributed by atoms with van der Waals surface area (Å²) in [5, 5.41) is 6.08. The summed E-state index contributed by atoms with van der Waals surface area (Å²) in [6, 6.07) is 8.20. The molecule has 6 heteroatoms. The average molecular weight is 379 g/mol. The maximum absolute atomic E-state index is 11.9. The first kappa shape index (κ1) is 19.8. The molecule has 0 spiro atoms. The van der Waals surface area contributed by atoms with Crippen molar-refractivity contribution in [3.63, 3.8) is 0 Å². The number of carbonyl (C=O) groups excluding carboxylic acids is 1. The van der Waals surface area contributed by atoms with Crippen LogP contribution in [0, 0.1) is 5.92 Å². The largest absolute Gasteiger partial charge is 0.494 e. The highest BCUT2D eigenvalue weighted by Crippen LogP contribution is 2.27. The van der Waals surface area contributed by atoms with Gasteiger partial charge in [0.1, 0.15) is 10.8 Å². The van der Waals surface area contributed by atoms with Crippen LogP contribution in [0.1, 0.15) is 33.4 Å². The van der Waals surface area contributed by atoms with Crippen LogP contribution in [0.4, 0.5) is 0 Å². The molecule has 2 rings (SSSR count). The maximum Gasteiger partial charge on any atom is 0.230 e. The van der Waals surface area contributed by atoms with Crippen molar-refractivity contribution in [3.8, 4) is 16.3 Å². The van der Waals surface area contributed by atoms with Crippen molar-refractivity contribution in [2.24, 2.45) is 5.92 Å². The number of benzene rings is 1. The zero-order valence-corrected chi connectivity index (χ0v) is 16.9. The molecule has 25 heavy (non-hydrogen) atoms. The second-order valence-corrected chi connectivity index (χ2v) is 8.04. The third-order valence-corrected chi connectivity index (χ3v) is 5.74. The lowest BCUT2D eigenvalue weighted by Gasteiger charge is -2.17. The minimum atomic E-state index is 0.0909. The van der Waals surface area contributed by atoms with Crippen LogP contribution in [-0.4, -0.2) is 29.3 Å². The third kappa shape index (κ3) is 6.36. The number of aromatic nitrogens is 1. The Hall–Kier alpha value is -1.53. The molecule has 0 radical (unpaired) electrons. The normalized spacial score (nSPS) is 12.2. The van der Waals surface area contributed by atoms with Gasteiger partial charge in [-0.2, -0.15) is 0 Å². The van der Waals surface area contributed by atoms with Crippen LogP contribution in [-0.2, 0) is 10.5 Å². The van der Waals surface area contributed by atoms with Crippen LogP contribution in [0.5, 0.6) is 5.75 Å². The highest BCUT2D eigenvalue weighted by molar-refractivity contribution is 7.99. The summed E-state index contributed by atoms with van der Waals surface area (Å²) in [6.07, 6.45) is 0. The summed E-state index contributed by atoms with van der Waals surface area (Å²) in [5.74, 6) is 2.63. The van der Waals surface area contributed by atoms with E-state index in [4.69, 9.17) is 4.74 Å². The van der Waals surface area contributed by atoms with Crippen LogP contribution >= 0.6 is 23.1 Å². The summed E-state index contributed by atoms with van der Waals surface area (Å²) < 4.78 is 5.46. The van der Waals surface area contributed by atoms with Crippen LogP contribution in [0.15, 0.2) is 29.6 Å². The molecule has 0 aliphatic rings. The van der Waals surface area contributed by atoms with Gasteiger partial charge in [-0.25, -0.2) is 4.98 Å². The Bertz CT molecular complexity index is 668. The first-order valence-corrected chi connectivity index (χ1v) is 10.6. The molecule has 0 aliphatic heterocycles. The Balaban J connectivity index is 1.82. The van der Waals surface area contributed by atoms with Crippen molar-refractivity contribution in [2.75, 3.05) is 12.4 Å². The van der Waals surface area contributed by atoms with Gasteiger partial charge in [0.05, 0.1) is 18.1 Å². The lowest BCUT2D eigenvalue weighted by Crippen LogP contribution is -2.37. The van der Waals surface area contributed by atoms with Gasteiger partial charge in [-0.15, -0.1) is 23.1 Å². The number of thioether (sulfide) groups is 1. The highest BCUT2D eigenvalue weighted by atomic mass is 32.2. The smallest absolute Gasteiger partial charge is 0.230 e. The molecular formula is C19H26N2O2S2. The number of ether oxygens (including phenoxy) is 1. The van der Waals surface area contributed by atoms with Crippen molar-refractivity contribution in [2.45, 2.75) is 39.5 Å². The predicted molar refractivity (Wildman–Crippen MR) is 107 cm³/mol. The molecule has 1 heterocycles. The number of amides is 1. The van der Waals surface area contributed by atoms with E-state index in [-0.39, 0.29) is 11.9 Å². The molecule has 1 unspecified atom stereocenters. The van der Waals surface area contributed by atoms with Crippen LogP contribution in [0.2, 0.25) is 0 Å². The van der Waals surface area contributed by atoms with E-state index in [1.54, 1.807) is 23.1 Å². The standard InChI is InChI=1S/C19H26N2O2S2/c1-5-23-17-8-6-15(7-9-17)19-21-16(11-25-19)10-24-12-18(22)20-14(4)13(2)3/h6-9,11,13-14H,5,10,12H2,1-4H3,(H,20,22). The van der Waals surface area contributed by atoms with E-state index in [1.807, 2.05) is 38.1 Å². The number of carbonyl (C=O) groups is 1. The zero-order chi connectivity index (χ0) is 18.2. The van der Waals surface area contributed by atoms with Gasteiger partial charge in [-0.1, -0.05) is 13.8 Å². The number of nitrogens with zero attached hydrogens (tertiary/aromatic N) is 1. The predicted octanol–water partition coefficient (Wildman–Crippen LogP) is 4.60. The number of hydrogen-bond acceptors (Lipinski definition) is 5. The third-order valence-electron chi connectivity index (χ3n) is 3.84. The van der Waals surface area contributed by atoms with Gasteiger partial charge >= 0.3 is 0 Å². The van der Waals surface area contributed by atoms with Crippen molar-refractivity contribution >= 4 is 29.0 Å². The van der Waals surface area contributed by atoms with E-state index < -0.39 is 0 Å². The van der Waals surface area contributed by atoms with Crippen LogP contribution in [0.25, 0.3) is 10.6 Å². The first-order valence-electron chi connectivity index (χ1n) is 8.54. The maximum atomic E-state index is 11.9. The van der Waals surface area contributed by atoms with E-state index in [0.29, 0.717) is 18.3 Å². The summed E-state index contributed by atoms with van der Waals surface area (Å²) in [7, 11) is 0. The number of thiazole rings is 1. The Kier molecular flexibility index (Phi) is 7.78. The molecule has 1 atom stereocenters. The molecule has 1 N–H and O–H groups in total. The minimum Gasteiger partial charge on any atom is -0.494 e. The lowest BCUT2D eigenvalue weighted by atomic mass is 10.1. The monoisotopic (exact) mass is 378 g/mol. The Morgan fingerprint density at radius 3 is 2.64 bits per heavy atom. The SMILES string of the molecule is CCOc1ccc(-c2nc(CSCC(=O)NC(C)C(C)C)cs2)cc1. The first-order chi connectivity index (χ1) is 12.0. The molecule has 0 saturated carbocycles. The molecule has 136 valence electrons. The van der Waals surface area contributed by atoms with E-state index in [9.17, 15) is 4.79 Å². The molecule has 1 aromatic heterocycles. The Morgan fingerprint density at radius 2 is 2.00 bits per heavy atom. The number of nitrogens with one attached hydrogen (secondary N) is 1. The fourth-order valence-electron chi connectivity index (χ4n) is 2.08. The molecule has 1 aromatic carbocycles. The summed E-state index contributed by atoms with van der Waals surface area (Å²) in [5.41, 5.74) is 2.11. The average Bonchev–Trinajstić information content (AvgIpc) is 3.04.